The van der Waals surface area contributed by atoms with Crippen LogP contribution in [0.1, 0.15) is 83.7 Å². The average molecular weight is 1300 g/mol. The van der Waals surface area contributed by atoms with Crippen molar-refractivity contribution in [3.63, 3.8) is 0 Å². The number of hydrogen-bond donors (Lipinski definition) is 2. The number of aromatic nitrogens is 2. The van der Waals surface area contributed by atoms with Crippen LogP contribution in [0.25, 0.3) is 0 Å². The molecular formula is C71H77N5O15P2. The number of benzene rings is 7. The third kappa shape index (κ3) is 22.9. The predicted octanol–water partition coefficient (Wildman–Crippen LogP) is 14.3. The summed E-state index contributed by atoms with van der Waals surface area (Å²) in [5.74, 6) is -0.491. The van der Waals surface area contributed by atoms with Crippen molar-refractivity contribution in [2.24, 2.45) is 4.99 Å². The molecule has 2 aliphatic rings. The molecule has 3 heterocycles. The number of anilines is 1. The summed E-state index contributed by atoms with van der Waals surface area (Å²) in [5.41, 5.74) is 6.16. The summed E-state index contributed by atoms with van der Waals surface area (Å²) in [4.78, 5) is 50.5. The molecule has 2 fully saturated rings. The Bertz CT molecular complexity index is 3450. The summed E-state index contributed by atoms with van der Waals surface area (Å²) in [6.45, 7) is 1.27. The molecule has 6 atom stereocenters. The number of hydrogen-bond acceptors (Lipinski definition) is 17. The first-order valence-electron chi connectivity index (χ1n) is 31.1. The molecule has 1 aromatic heterocycles. The molecule has 10 rings (SSSR count). The largest absolute Gasteiger partial charge is 0.459 e. The highest BCUT2D eigenvalue weighted by molar-refractivity contribution is 7.41. The highest BCUT2D eigenvalue weighted by Gasteiger charge is 2.51. The Hall–Kier alpha value is -8.07. The standard InChI is InChI=1S/C71H77N5O15P2/c77-68(81-46-54-26-8-1-9-27-54)61(73-70(78)82-47-55-28-10-2-11-29-55)40-22-24-43-72-69-74-63(75-71(79)83-48-56-30-12-3-13-31-56)42-44-76(69)67-66(90-64-41-23-25-45-80-64)65(91-93(86-51-59-36-18-6-19-37-59)87-52-60-38-20-7-21-39-60)62(89-67)53-88-92(84-49-57-32-14-4-15-33-57)85-50-58-34-16-5-17-35-58/h1-21,26-39,42,44,61-62,64-67H,22-25,40-41,43,45-53H2,(H,73,78)(H,72,74,75,79)/t61-,62+,64?,65+,66+,67+/m0/s1. The van der Waals surface area contributed by atoms with E-state index in [2.05, 4.69) is 10.6 Å². The van der Waals surface area contributed by atoms with Crippen LogP contribution in [0.4, 0.5) is 15.4 Å². The normalized spacial score (nSPS) is 17.6. The number of nitrogens with zero attached hydrogens (tertiary/aromatic N) is 3. The molecule has 0 aliphatic carbocycles. The zero-order valence-corrected chi connectivity index (χ0v) is 53.3. The van der Waals surface area contributed by atoms with Crippen LogP contribution < -0.4 is 16.3 Å². The number of amides is 2. The first-order valence-corrected chi connectivity index (χ1v) is 33.3. The second-order valence-electron chi connectivity index (χ2n) is 21.7. The van der Waals surface area contributed by atoms with Crippen molar-refractivity contribution in [1.29, 1.82) is 0 Å². The molecule has 0 radical (unpaired) electrons. The molecule has 8 aromatic rings. The van der Waals surface area contributed by atoms with E-state index in [0.29, 0.717) is 25.9 Å². The summed E-state index contributed by atoms with van der Waals surface area (Å²) in [6.07, 6.45) is -1.18. The Morgan fingerprint density at radius 3 is 1.47 bits per heavy atom. The Kier molecular flexibility index (Phi) is 27.4. The number of unbranched alkanes of at least 4 members (excludes halogenated alkanes) is 1. The van der Waals surface area contributed by atoms with Crippen molar-refractivity contribution < 1.29 is 69.9 Å². The maximum atomic E-state index is 13.8. The van der Waals surface area contributed by atoms with E-state index >= 15 is 0 Å². The Morgan fingerprint density at radius 1 is 0.527 bits per heavy atom. The molecule has 2 N–H and O–H groups in total. The van der Waals surface area contributed by atoms with E-state index in [1.165, 1.54) is 0 Å². The number of carbonyl (C=O) groups is 3. The lowest BCUT2D eigenvalue weighted by Crippen LogP contribution is -2.42. The van der Waals surface area contributed by atoms with Crippen LogP contribution >= 0.6 is 17.2 Å². The molecule has 0 spiro atoms. The molecule has 20 nitrogen and oxygen atoms in total. The van der Waals surface area contributed by atoms with Crippen molar-refractivity contribution in [2.75, 3.05) is 25.1 Å². The van der Waals surface area contributed by atoms with Gasteiger partial charge in [0.1, 0.15) is 50.0 Å². The van der Waals surface area contributed by atoms with Crippen LogP contribution in [0.15, 0.2) is 230 Å². The quantitative estimate of drug-likeness (QED) is 0.0166. The van der Waals surface area contributed by atoms with Crippen LogP contribution in [-0.4, -0.2) is 78.1 Å². The first kappa shape index (κ1) is 67.8. The maximum Gasteiger partial charge on any atom is 0.413 e. The average Bonchev–Trinajstić information content (AvgIpc) is 1.68. The zero-order chi connectivity index (χ0) is 63.9. The highest BCUT2D eigenvalue weighted by atomic mass is 31.2. The van der Waals surface area contributed by atoms with Gasteiger partial charge in [-0.3, -0.25) is 14.9 Å². The van der Waals surface area contributed by atoms with Gasteiger partial charge in [0.15, 0.2) is 12.5 Å². The van der Waals surface area contributed by atoms with Crippen LogP contribution in [0.3, 0.4) is 0 Å². The lowest BCUT2D eigenvalue weighted by molar-refractivity contribution is -0.214. The molecular weight excluding hydrogens is 1220 g/mol. The lowest BCUT2D eigenvalue weighted by atomic mass is 10.1. The summed E-state index contributed by atoms with van der Waals surface area (Å²) < 4.78 is 79.1. The minimum absolute atomic E-state index is 0.00710. The van der Waals surface area contributed by atoms with Gasteiger partial charge < -0.3 is 60.9 Å². The fraction of sp³-hybridized carbons (Fsp3) is 0.310. The van der Waals surface area contributed by atoms with Gasteiger partial charge in [0, 0.05) is 19.3 Å². The minimum Gasteiger partial charge on any atom is -0.459 e. The molecule has 1 unspecified atom stereocenters. The summed E-state index contributed by atoms with van der Waals surface area (Å²) in [5, 5.41) is 5.51. The van der Waals surface area contributed by atoms with E-state index in [1.807, 2.05) is 212 Å². The maximum absolute atomic E-state index is 13.8. The fourth-order valence-electron chi connectivity index (χ4n) is 9.88. The molecule has 7 aromatic carbocycles. The molecule has 486 valence electrons. The lowest BCUT2D eigenvalue weighted by Gasteiger charge is -2.32. The number of esters is 1. The Labute approximate surface area is 544 Å². The number of ether oxygens (including phenoxy) is 6. The van der Waals surface area contributed by atoms with Crippen molar-refractivity contribution in [3.8, 4) is 0 Å². The van der Waals surface area contributed by atoms with E-state index in [1.54, 1.807) is 16.8 Å². The number of nitrogens with one attached hydrogen (secondary N) is 2. The number of alkyl carbamates (subject to hydrolysis) is 1. The van der Waals surface area contributed by atoms with Gasteiger partial charge in [0.25, 0.3) is 0 Å². The molecule has 93 heavy (non-hydrogen) atoms. The van der Waals surface area contributed by atoms with E-state index in [4.69, 9.17) is 65.5 Å². The van der Waals surface area contributed by atoms with Gasteiger partial charge in [0.2, 0.25) is 5.62 Å². The SMILES string of the molecule is O=C(Nc1ccn([C@@H]2O[C@H](COP(OCc3ccccc3)OCc3ccccc3)[C@@H](OP(OCc3ccccc3)OCc3ccccc3)[C@H]2OC2CCCCO2)c(=NCCCC[C@H](NC(=O)OCc2ccccc2)C(=O)OCc2ccccc2)n1)OCc1ccccc1. The zero-order valence-electron chi connectivity index (χ0n) is 51.5. The Morgan fingerprint density at radius 2 is 0.989 bits per heavy atom. The molecule has 2 aliphatic heterocycles. The molecule has 2 amide bonds. The van der Waals surface area contributed by atoms with E-state index in [-0.39, 0.29) is 77.3 Å². The monoisotopic (exact) mass is 1300 g/mol. The van der Waals surface area contributed by atoms with Crippen molar-refractivity contribution in [1.82, 2.24) is 14.9 Å². The minimum atomic E-state index is -2.17. The highest BCUT2D eigenvalue weighted by Crippen LogP contribution is 2.50. The molecule has 22 heteroatoms. The van der Waals surface area contributed by atoms with Gasteiger partial charge in [-0.25, -0.2) is 14.4 Å². The fourth-order valence-corrected chi connectivity index (χ4v) is 12.0. The predicted molar refractivity (Wildman–Crippen MR) is 349 cm³/mol. The van der Waals surface area contributed by atoms with Gasteiger partial charge in [-0.15, -0.1) is 0 Å². The van der Waals surface area contributed by atoms with Gasteiger partial charge in [-0.2, -0.15) is 4.98 Å². The molecule has 0 bridgehead atoms. The Balaban J connectivity index is 0.962. The summed E-state index contributed by atoms with van der Waals surface area (Å²) in [6, 6.07) is 67.4. The van der Waals surface area contributed by atoms with Crippen molar-refractivity contribution in [3.05, 3.63) is 269 Å². The van der Waals surface area contributed by atoms with Crippen LogP contribution in [-0.2, 0) is 107 Å². The summed E-state index contributed by atoms with van der Waals surface area (Å²) in [7, 11) is -4.21. The van der Waals surface area contributed by atoms with E-state index in [9.17, 15) is 14.4 Å². The van der Waals surface area contributed by atoms with Crippen LogP contribution in [0.5, 0.6) is 0 Å². The van der Waals surface area contributed by atoms with Crippen molar-refractivity contribution >= 4 is 41.2 Å². The summed E-state index contributed by atoms with van der Waals surface area (Å²) >= 11 is 0. The topological polar surface area (TPSA) is 216 Å². The van der Waals surface area contributed by atoms with Crippen LogP contribution in [0.2, 0.25) is 0 Å². The van der Waals surface area contributed by atoms with Gasteiger partial charge >= 0.3 is 35.4 Å². The van der Waals surface area contributed by atoms with Crippen LogP contribution in [0, 0.1) is 0 Å². The molecule has 0 saturated carbocycles. The van der Waals surface area contributed by atoms with Gasteiger partial charge in [-0.05, 0) is 83.5 Å². The third-order valence-corrected chi connectivity index (χ3v) is 16.9. The third-order valence-electron chi connectivity index (χ3n) is 14.7. The van der Waals surface area contributed by atoms with Gasteiger partial charge in [0.05, 0.1) is 33.0 Å². The second-order valence-corrected chi connectivity index (χ2v) is 24.1. The van der Waals surface area contributed by atoms with Crippen molar-refractivity contribution in [2.45, 2.75) is 122 Å². The first-order chi connectivity index (χ1) is 45.8. The second kappa shape index (κ2) is 37.6. The number of carbonyl (C=O) groups excluding carboxylic acids is 3. The van der Waals surface area contributed by atoms with E-state index < -0.39 is 72.2 Å². The smallest absolute Gasteiger partial charge is 0.413 e. The molecule has 2 saturated heterocycles. The van der Waals surface area contributed by atoms with E-state index in [0.717, 1.165) is 51.8 Å². The number of rotatable bonds is 34. The van der Waals surface area contributed by atoms with Gasteiger partial charge in [-0.1, -0.05) is 212 Å².